The van der Waals surface area contributed by atoms with Crippen molar-refractivity contribution in [2.75, 3.05) is 11.9 Å². The topological polar surface area (TPSA) is 71.5 Å². The fraction of sp³-hybridized carbons (Fsp3) is 0.389. The normalized spacial score (nSPS) is 16.7. The summed E-state index contributed by atoms with van der Waals surface area (Å²) in [5, 5.41) is 3.40. The molecule has 0 bridgehead atoms. The van der Waals surface area contributed by atoms with Crippen molar-refractivity contribution in [3.05, 3.63) is 46.5 Å². The van der Waals surface area contributed by atoms with Crippen LogP contribution in [0.25, 0.3) is 0 Å². The van der Waals surface area contributed by atoms with Crippen molar-refractivity contribution in [1.29, 1.82) is 0 Å². The van der Waals surface area contributed by atoms with Gasteiger partial charge in [0.2, 0.25) is 5.91 Å². The van der Waals surface area contributed by atoms with Crippen molar-refractivity contribution >= 4 is 28.5 Å². The van der Waals surface area contributed by atoms with Gasteiger partial charge in [0.15, 0.2) is 5.13 Å². The average Bonchev–Trinajstić information content (AvgIpc) is 3.21. The summed E-state index contributed by atoms with van der Waals surface area (Å²) in [6.07, 6.45) is 0.970. The van der Waals surface area contributed by atoms with Gasteiger partial charge in [-0.25, -0.2) is 9.78 Å². The molecule has 2 aromatic rings. The molecule has 25 heavy (non-hydrogen) atoms. The fourth-order valence-electron chi connectivity index (χ4n) is 2.77. The number of rotatable bonds is 4. The van der Waals surface area contributed by atoms with Gasteiger partial charge in [-0.1, -0.05) is 30.3 Å². The molecule has 2 amide bonds. The Kier molecular flexibility index (Phi) is 5.33. The van der Waals surface area contributed by atoms with E-state index in [1.54, 1.807) is 0 Å². The lowest BCUT2D eigenvalue weighted by Crippen LogP contribution is -2.43. The van der Waals surface area contributed by atoms with Crippen LogP contribution >= 0.6 is 11.3 Å². The van der Waals surface area contributed by atoms with Crippen LogP contribution in [0.3, 0.4) is 0 Å². The number of nitrogens with zero attached hydrogens (tertiary/aromatic N) is 2. The molecule has 6 nitrogen and oxygen atoms in total. The second-order valence-electron chi connectivity index (χ2n) is 6.04. The number of amides is 2. The zero-order valence-corrected chi connectivity index (χ0v) is 15.1. The van der Waals surface area contributed by atoms with Crippen LogP contribution in [0, 0.1) is 13.8 Å². The SMILES string of the molecule is Cc1nc(NC(=O)C2CCCN2C(=O)OCc2ccccc2)sc1C. The first-order valence-electron chi connectivity index (χ1n) is 8.27. The molecule has 1 N–H and O–H groups in total. The summed E-state index contributed by atoms with van der Waals surface area (Å²) in [4.78, 5) is 31.8. The highest BCUT2D eigenvalue weighted by Gasteiger charge is 2.35. The number of hydrogen-bond acceptors (Lipinski definition) is 5. The van der Waals surface area contributed by atoms with E-state index in [0.29, 0.717) is 18.1 Å². The number of likely N-dealkylation sites (tertiary alicyclic amines) is 1. The molecule has 132 valence electrons. The van der Waals surface area contributed by atoms with Gasteiger partial charge in [-0.2, -0.15) is 0 Å². The number of anilines is 1. The number of hydrogen-bond donors (Lipinski definition) is 1. The third kappa shape index (κ3) is 4.17. The molecular weight excluding hydrogens is 338 g/mol. The molecule has 0 radical (unpaired) electrons. The summed E-state index contributed by atoms with van der Waals surface area (Å²) in [5.74, 6) is -0.206. The zero-order chi connectivity index (χ0) is 17.8. The minimum atomic E-state index is -0.507. The maximum Gasteiger partial charge on any atom is 0.410 e. The number of nitrogens with one attached hydrogen (secondary N) is 1. The van der Waals surface area contributed by atoms with E-state index in [2.05, 4.69) is 10.3 Å². The van der Waals surface area contributed by atoms with E-state index in [-0.39, 0.29) is 12.5 Å². The highest BCUT2D eigenvalue weighted by molar-refractivity contribution is 7.15. The summed E-state index contributed by atoms with van der Waals surface area (Å²) in [7, 11) is 0. The van der Waals surface area contributed by atoms with Crippen LogP contribution in [-0.4, -0.2) is 34.5 Å². The van der Waals surface area contributed by atoms with Gasteiger partial charge in [0.25, 0.3) is 0 Å². The number of aryl methyl sites for hydroxylation is 2. The molecule has 1 aliphatic heterocycles. The summed E-state index contributed by atoms with van der Waals surface area (Å²) in [6, 6.07) is 8.99. The Balaban J connectivity index is 1.59. The zero-order valence-electron chi connectivity index (χ0n) is 14.3. The Bertz CT molecular complexity index is 741. The minimum Gasteiger partial charge on any atom is -0.445 e. The van der Waals surface area contributed by atoms with E-state index < -0.39 is 12.1 Å². The number of aromatic nitrogens is 1. The second kappa shape index (κ2) is 7.65. The minimum absolute atomic E-state index is 0.204. The first-order valence-corrected chi connectivity index (χ1v) is 9.08. The highest BCUT2D eigenvalue weighted by Crippen LogP contribution is 2.24. The Labute approximate surface area is 150 Å². The Morgan fingerprint density at radius 2 is 2.08 bits per heavy atom. The predicted molar refractivity (Wildman–Crippen MR) is 96.6 cm³/mol. The van der Waals surface area contributed by atoms with E-state index in [1.807, 2.05) is 44.2 Å². The molecule has 7 heteroatoms. The lowest BCUT2D eigenvalue weighted by Gasteiger charge is -2.22. The molecule has 0 aliphatic carbocycles. The van der Waals surface area contributed by atoms with Crippen LogP contribution in [0.4, 0.5) is 9.93 Å². The van der Waals surface area contributed by atoms with Crippen molar-refractivity contribution in [3.63, 3.8) is 0 Å². The van der Waals surface area contributed by atoms with Crippen molar-refractivity contribution in [2.24, 2.45) is 0 Å². The summed E-state index contributed by atoms with van der Waals surface area (Å²) < 4.78 is 5.36. The molecule has 0 saturated carbocycles. The van der Waals surface area contributed by atoms with Gasteiger partial charge < -0.3 is 10.1 Å². The van der Waals surface area contributed by atoms with E-state index in [9.17, 15) is 9.59 Å². The molecule has 1 unspecified atom stereocenters. The van der Waals surface area contributed by atoms with Crippen LogP contribution < -0.4 is 5.32 Å². The van der Waals surface area contributed by atoms with Crippen LogP contribution in [0.1, 0.15) is 29.0 Å². The standard InChI is InChI=1S/C18H21N3O3S/c1-12-13(2)25-17(19-12)20-16(22)15-9-6-10-21(15)18(23)24-11-14-7-4-3-5-8-14/h3-5,7-8,15H,6,9-11H2,1-2H3,(H,19,20,22). The molecule has 1 aromatic heterocycles. The quantitative estimate of drug-likeness (QED) is 0.907. The molecule has 1 fully saturated rings. The summed E-state index contributed by atoms with van der Waals surface area (Å²) >= 11 is 1.44. The first kappa shape index (κ1) is 17.4. The highest BCUT2D eigenvalue weighted by atomic mass is 32.1. The van der Waals surface area contributed by atoms with Gasteiger partial charge in [-0.15, -0.1) is 11.3 Å². The Morgan fingerprint density at radius 1 is 1.32 bits per heavy atom. The van der Waals surface area contributed by atoms with E-state index in [0.717, 1.165) is 22.6 Å². The molecule has 1 aliphatic rings. The Hall–Kier alpha value is -2.41. The smallest absolute Gasteiger partial charge is 0.410 e. The maximum atomic E-state index is 12.5. The predicted octanol–water partition coefficient (Wildman–Crippen LogP) is 3.50. The molecule has 1 aromatic carbocycles. The van der Waals surface area contributed by atoms with Crippen molar-refractivity contribution in [1.82, 2.24) is 9.88 Å². The van der Waals surface area contributed by atoms with E-state index in [4.69, 9.17) is 4.74 Å². The third-order valence-electron chi connectivity index (χ3n) is 4.25. The molecular formula is C18H21N3O3S. The summed E-state index contributed by atoms with van der Waals surface area (Å²) in [6.45, 7) is 4.60. The van der Waals surface area contributed by atoms with Gasteiger partial charge in [0, 0.05) is 11.4 Å². The third-order valence-corrected chi connectivity index (χ3v) is 5.24. The van der Waals surface area contributed by atoms with Gasteiger partial charge >= 0.3 is 6.09 Å². The summed E-state index contributed by atoms with van der Waals surface area (Å²) in [5.41, 5.74) is 1.83. The molecule has 3 rings (SSSR count). The Morgan fingerprint density at radius 3 is 2.76 bits per heavy atom. The largest absolute Gasteiger partial charge is 0.445 e. The average molecular weight is 359 g/mol. The fourth-order valence-corrected chi connectivity index (χ4v) is 3.59. The first-order chi connectivity index (χ1) is 12.0. The van der Waals surface area contributed by atoms with Crippen LogP contribution in [0.5, 0.6) is 0 Å². The van der Waals surface area contributed by atoms with Gasteiger partial charge in [-0.05, 0) is 32.3 Å². The van der Waals surface area contributed by atoms with Crippen LogP contribution in [-0.2, 0) is 16.1 Å². The number of carbonyl (C=O) groups excluding carboxylic acids is 2. The van der Waals surface area contributed by atoms with E-state index >= 15 is 0 Å². The number of ether oxygens (including phenoxy) is 1. The maximum absolute atomic E-state index is 12.5. The van der Waals surface area contributed by atoms with E-state index in [1.165, 1.54) is 16.2 Å². The van der Waals surface area contributed by atoms with Crippen molar-refractivity contribution in [3.8, 4) is 0 Å². The second-order valence-corrected chi connectivity index (χ2v) is 7.24. The van der Waals surface area contributed by atoms with Crippen LogP contribution in [0.2, 0.25) is 0 Å². The molecule has 1 atom stereocenters. The van der Waals surface area contributed by atoms with Crippen molar-refractivity contribution in [2.45, 2.75) is 39.3 Å². The molecule has 2 heterocycles. The van der Waals surface area contributed by atoms with Crippen molar-refractivity contribution < 1.29 is 14.3 Å². The number of carbonyl (C=O) groups is 2. The molecule has 0 spiro atoms. The van der Waals surface area contributed by atoms with Crippen LogP contribution in [0.15, 0.2) is 30.3 Å². The number of thiazole rings is 1. The van der Waals surface area contributed by atoms with Gasteiger partial charge in [-0.3, -0.25) is 9.69 Å². The molecule has 1 saturated heterocycles. The van der Waals surface area contributed by atoms with Gasteiger partial charge in [0.05, 0.1) is 5.69 Å². The lowest BCUT2D eigenvalue weighted by molar-refractivity contribution is -0.120. The number of benzene rings is 1. The monoisotopic (exact) mass is 359 g/mol. The lowest BCUT2D eigenvalue weighted by atomic mass is 10.2. The van der Waals surface area contributed by atoms with Gasteiger partial charge in [0.1, 0.15) is 12.6 Å².